The van der Waals surface area contributed by atoms with Crippen LogP contribution in [0.1, 0.15) is 11.1 Å². The van der Waals surface area contributed by atoms with E-state index < -0.39 is 11.7 Å². The smallest absolute Gasteiger partial charge is 0.416 e. The predicted octanol–water partition coefficient (Wildman–Crippen LogP) is 4.98. The van der Waals surface area contributed by atoms with Gasteiger partial charge in [-0.25, -0.2) is 0 Å². The van der Waals surface area contributed by atoms with Crippen LogP contribution in [0.25, 0.3) is 0 Å². The summed E-state index contributed by atoms with van der Waals surface area (Å²) in [5.41, 5.74) is 0.565. The summed E-state index contributed by atoms with van der Waals surface area (Å²) in [5.74, 6) is 0.555. The third kappa shape index (κ3) is 4.04. The fourth-order valence-electron chi connectivity index (χ4n) is 1.83. The van der Waals surface area contributed by atoms with E-state index in [1.165, 1.54) is 13.2 Å². The van der Waals surface area contributed by atoms with Gasteiger partial charge in [-0.15, -0.1) is 0 Å². The average Bonchev–Trinajstić information content (AvgIpc) is 2.45. The van der Waals surface area contributed by atoms with E-state index in [4.69, 9.17) is 16.3 Å². The average molecular weight is 316 g/mol. The minimum Gasteiger partial charge on any atom is -0.495 e. The van der Waals surface area contributed by atoms with Gasteiger partial charge in [-0.1, -0.05) is 23.7 Å². The van der Waals surface area contributed by atoms with Gasteiger partial charge in [-0.05, 0) is 35.9 Å². The first-order chi connectivity index (χ1) is 9.90. The van der Waals surface area contributed by atoms with Crippen LogP contribution in [0.4, 0.5) is 18.9 Å². The molecule has 0 radical (unpaired) electrons. The Morgan fingerprint density at radius 2 is 1.90 bits per heavy atom. The molecule has 0 aliphatic carbocycles. The van der Waals surface area contributed by atoms with Crippen molar-refractivity contribution in [3.8, 4) is 5.75 Å². The third-order valence-corrected chi connectivity index (χ3v) is 3.20. The van der Waals surface area contributed by atoms with E-state index in [0.717, 1.165) is 17.7 Å². The molecule has 2 nitrogen and oxygen atoms in total. The van der Waals surface area contributed by atoms with Crippen molar-refractivity contribution in [1.82, 2.24) is 0 Å². The molecule has 2 aromatic carbocycles. The summed E-state index contributed by atoms with van der Waals surface area (Å²) in [5, 5.41) is 3.40. The van der Waals surface area contributed by atoms with Gasteiger partial charge in [-0.3, -0.25) is 0 Å². The molecule has 0 unspecified atom stereocenters. The monoisotopic (exact) mass is 315 g/mol. The summed E-state index contributed by atoms with van der Waals surface area (Å²) in [6.07, 6.45) is -4.35. The molecular weight excluding hydrogens is 303 g/mol. The van der Waals surface area contributed by atoms with E-state index in [9.17, 15) is 13.2 Å². The Labute approximate surface area is 125 Å². The van der Waals surface area contributed by atoms with Gasteiger partial charge in [0.1, 0.15) is 5.75 Å². The molecule has 0 saturated heterocycles. The molecular formula is C15H13ClF3NO. The highest BCUT2D eigenvalue weighted by Gasteiger charge is 2.30. The maximum atomic E-state index is 12.6. The van der Waals surface area contributed by atoms with E-state index in [-0.39, 0.29) is 0 Å². The number of halogens is 4. The molecule has 0 amide bonds. The summed E-state index contributed by atoms with van der Waals surface area (Å²) >= 11 is 5.99. The lowest BCUT2D eigenvalue weighted by Gasteiger charge is -2.11. The number of rotatable bonds is 4. The molecule has 0 atom stereocenters. The summed E-state index contributed by atoms with van der Waals surface area (Å²) < 4.78 is 42.9. The SMILES string of the molecule is COc1ccc(CNc2cccc(C(F)(F)F)c2)cc1Cl. The first-order valence-electron chi connectivity index (χ1n) is 6.13. The van der Waals surface area contributed by atoms with Crippen LogP contribution in [0, 0.1) is 0 Å². The summed E-state index contributed by atoms with van der Waals surface area (Å²) in [6.45, 7) is 0.366. The summed E-state index contributed by atoms with van der Waals surface area (Å²) in [4.78, 5) is 0. The van der Waals surface area contributed by atoms with Crippen molar-refractivity contribution < 1.29 is 17.9 Å². The van der Waals surface area contributed by atoms with Gasteiger partial charge in [0.15, 0.2) is 0 Å². The van der Waals surface area contributed by atoms with Gasteiger partial charge in [0.25, 0.3) is 0 Å². The van der Waals surface area contributed by atoms with E-state index in [1.54, 1.807) is 24.3 Å². The highest BCUT2D eigenvalue weighted by molar-refractivity contribution is 6.32. The Hall–Kier alpha value is -1.88. The lowest BCUT2D eigenvalue weighted by atomic mass is 10.1. The number of alkyl halides is 3. The predicted molar refractivity (Wildman–Crippen MR) is 76.8 cm³/mol. The molecule has 2 rings (SSSR count). The fourth-order valence-corrected chi connectivity index (χ4v) is 2.11. The maximum Gasteiger partial charge on any atom is 0.416 e. The van der Waals surface area contributed by atoms with Crippen molar-refractivity contribution in [2.45, 2.75) is 12.7 Å². The van der Waals surface area contributed by atoms with Crippen LogP contribution < -0.4 is 10.1 Å². The van der Waals surface area contributed by atoms with Crippen molar-refractivity contribution in [3.63, 3.8) is 0 Å². The first-order valence-corrected chi connectivity index (χ1v) is 6.51. The lowest BCUT2D eigenvalue weighted by molar-refractivity contribution is -0.137. The van der Waals surface area contributed by atoms with Crippen LogP contribution in [0.15, 0.2) is 42.5 Å². The van der Waals surface area contributed by atoms with Crippen LogP contribution in [0.5, 0.6) is 5.75 Å². The Kier molecular flexibility index (Phi) is 4.63. The highest BCUT2D eigenvalue weighted by Crippen LogP contribution is 2.31. The Bertz CT molecular complexity index is 629. The summed E-state index contributed by atoms with van der Waals surface area (Å²) in [7, 11) is 1.52. The number of nitrogens with one attached hydrogen (secondary N) is 1. The zero-order valence-corrected chi connectivity index (χ0v) is 11.9. The number of hydrogen-bond acceptors (Lipinski definition) is 2. The Balaban J connectivity index is 2.08. The van der Waals surface area contributed by atoms with Crippen molar-refractivity contribution in [2.24, 2.45) is 0 Å². The largest absolute Gasteiger partial charge is 0.495 e. The van der Waals surface area contributed by atoms with Crippen LogP contribution in [-0.4, -0.2) is 7.11 Å². The van der Waals surface area contributed by atoms with Crippen LogP contribution in [0.3, 0.4) is 0 Å². The number of benzene rings is 2. The molecule has 0 heterocycles. The number of methoxy groups -OCH3 is 1. The van der Waals surface area contributed by atoms with E-state index >= 15 is 0 Å². The highest BCUT2D eigenvalue weighted by atomic mass is 35.5. The zero-order chi connectivity index (χ0) is 15.5. The molecule has 0 spiro atoms. The third-order valence-electron chi connectivity index (χ3n) is 2.90. The van der Waals surface area contributed by atoms with E-state index in [1.807, 2.05) is 0 Å². The minimum atomic E-state index is -4.35. The molecule has 0 aliphatic rings. The maximum absolute atomic E-state index is 12.6. The zero-order valence-electron chi connectivity index (χ0n) is 11.2. The van der Waals surface area contributed by atoms with Gasteiger partial charge >= 0.3 is 6.18 Å². The standard InChI is InChI=1S/C15H13ClF3NO/c1-21-14-6-5-10(7-13(14)16)9-20-12-4-2-3-11(8-12)15(17,18)19/h2-8,20H,9H2,1H3. The lowest BCUT2D eigenvalue weighted by Crippen LogP contribution is -2.06. The summed E-state index contributed by atoms with van der Waals surface area (Å²) in [6, 6.07) is 10.3. The molecule has 2 aromatic rings. The number of ether oxygens (including phenoxy) is 1. The topological polar surface area (TPSA) is 21.3 Å². The van der Waals surface area contributed by atoms with Crippen molar-refractivity contribution in [1.29, 1.82) is 0 Å². The number of anilines is 1. The molecule has 1 N–H and O–H groups in total. The van der Waals surface area contributed by atoms with Crippen molar-refractivity contribution >= 4 is 17.3 Å². The second kappa shape index (κ2) is 6.26. The second-order valence-electron chi connectivity index (χ2n) is 4.40. The van der Waals surface area contributed by atoms with E-state index in [2.05, 4.69) is 5.32 Å². The van der Waals surface area contributed by atoms with Gasteiger partial charge in [0.2, 0.25) is 0 Å². The van der Waals surface area contributed by atoms with Crippen LogP contribution in [0.2, 0.25) is 5.02 Å². The Morgan fingerprint density at radius 3 is 2.52 bits per heavy atom. The molecule has 21 heavy (non-hydrogen) atoms. The van der Waals surface area contributed by atoms with Crippen LogP contribution >= 0.6 is 11.6 Å². The fraction of sp³-hybridized carbons (Fsp3) is 0.200. The first kappa shape index (κ1) is 15.5. The van der Waals surface area contributed by atoms with Crippen molar-refractivity contribution in [2.75, 3.05) is 12.4 Å². The molecule has 112 valence electrons. The quantitative estimate of drug-likeness (QED) is 0.859. The Morgan fingerprint density at radius 1 is 1.14 bits per heavy atom. The van der Waals surface area contributed by atoms with Gasteiger partial charge in [-0.2, -0.15) is 13.2 Å². The molecule has 0 bridgehead atoms. The van der Waals surface area contributed by atoms with Gasteiger partial charge in [0.05, 0.1) is 17.7 Å². The van der Waals surface area contributed by atoms with Gasteiger partial charge < -0.3 is 10.1 Å². The van der Waals surface area contributed by atoms with Crippen LogP contribution in [-0.2, 0) is 12.7 Å². The van der Waals surface area contributed by atoms with Crippen molar-refractivity contribution in [3.05, 3.63) is 58.6 Å². The van der Waals surface area contributed by atoms with E-state index in [0.29, 0.717) is 23.0 Å². The second-order valence-corrected chi connectivity index (χ2v) is 4.81. The van der Waals surface area contributed by atoms with Gasteiger partial charge in [0, 0.05) is 12.2 Å². The normalized spacial score (nSPS) is 11.3. The molecule has 0 aliphatic heterocycles. The molecule has 6 heteroatoms. The number of hydrogen-bond donors (Lipinski definition) is 1. The molecule has 0 fully saturated rings. The molecule has 0 aromatic heterocycles. The minimum absolute atomic E-state index is 0.366. The molecule has 0 saturated carbocycles.